The third-order valence-electron chi connectivity index (χ3n) is 3.32. The molecule has 1 fully saturated rings. The highest BCUT2D eigenvalue weighted by Gasteiger charge is 2.31. The van der Waals surface area contributed by atoms with Crippen LogP contribution in [0.15, 0.2) is 42.7 Å². The van der Waals surface area contributed by atoms with Gasteiger partial charge in [-0.3, -0.25) is 9.78 Å². The molecule has 1 amide bonds. The minimum atomic E-state index is 0.0643. The summed E-state index contributed by atoms with van der Waals surface area (Å²) in [5.41, 5.74) is 0.720. The van der Waals surface area contributed by atoms with Gasteiger partial charge in [0.1, 0.15) is 0 Å². The summed E-state index contributed by atoms with van der Waals surface area (Å²) in [5, 5.41) is 0.307. The zero-order chi connectivity index (χ0) is 14.7. The van der Waals surface area contributed by atoms with Gasteiger partial charge in [-0.05, 0) is 12.1 Å². The quantitative estimate of drug-likeness (QED) is 0.869. The van der Waals surface area contributed by atoms with Crippen LogP contribution in [0.5, 0.6) is 5.88 Å². The SMILES string of the molecule is O=C(c1ccccc1)N1CC(COc2cncc(Cl)n2)C1. The number of ether oxygens (including phenoxy) is 1. The Bertz CT molecular complexity index is 630. The number of hydrogen-bond acceptors (Lipinski definition) is 4. The van der Waals surface area contributed by atoms with Crippen molar-refractivity contribution in [2.75, 3.05) is 19.7 Å². The van der Waals surface area contributed by atoms with Crippen molar-refractivity contribution in [2.24, 2.45) is 5.92 Å². The summed E-state index contributed by atoms with van der Waals surface area (Å²) in [6.45, 7) is 1.90. The Kier molecular flexibility index (Phi) is 4.01. The van der Waals surface area contributed by atoms with Crippen molar-refractivity contribution < 1.29 is 9.53 Å². The standard InChI is InChI=1S/C15H14ClN3O2/c16-13-6-17-7-14(18-13)21-10-11-8-19(9-11)15(20)12-4-2-1-3-5-12/h1-7,11H,8-10H2. The minimum absolute atomic E-state index is 0.0643. The molecule has 2 heterocycles. The first-order valence-corrected chi connectivity index (χ1v) is 7.05. The van der Waals surface area contributed by atoms with Crippen LogP contribution in [0.4, 0.5) is 0 Å². The van der Waals surface area contributed by atoms with Gasteiger partial charge in [-0.1, -0.05) is 29.8 Å². The molecule has 1 aliphatic rings. The van der Waals surface area contributed by atoms with Gasteiger partial charge in [-0.25, -0.2) is 0 Å². The normalized spacial score (nSPS) is 14.6. The molecule has 0 spiro atoms. The Morgan fingerprint density at radius 3 is 2.76 bits per heavy atom. The fourth-order valence-corrected chi connectivity index (χ4v) is 2.34. The summed E-state index contributed by atoms with van der Waals surface area (Å²) in [5.74, 6) is 0.795. The van der Waals surface area contributed by atoms with E-state index in [1.54, 1.807) is 0 Å². The molecule has 0 bridgehead atoms. The predicted octanol–water partition coefficient (Wildman–Crippen LogP) is 2.28. The summed E-state index contributed by atoms with van der Waals surface area (Å²) in [6.07, 6.45) is 2.98. The molecule has 0 atom stereocenters. The van der Waals surface area contributed by atoms with Gasteiger partial charge >= 0.3 is 0 Å². The van der Waals surface area contributed by atoms with E-state index in [1.165, 1.54) is 12.4 Å². The molecule has 1 saturated heterocycles. The molecule has 0 aliphatic carbocycles. The molecule has 0 unspecified atom stereocenters. The maximum atomic E-state index is 12.1. The Morgan fingerprint density at radius 1 is 1.29 bits per heavy atom. The highest BCUT2D eigenvalue weighted by molar-refractivity contribution is 6.29. The molecule has 2 aromatic rings. The Hall–Kier alpha value is -2.14. The third kappa shape index (κ3) is 3.31. The zero-order valence-electron chi connectivity index (χ0n) is 11.3. The molecule has 108 valence electrons. The summed E-state index contributed by atoms with van der Waals surface area (Å²) < 4.78 is 5.53. The molecule has 0 radical (unpaired) electrons. The van der Waals surface area contributed by atoms with Crippen molar-refractivity contribution in [3.63, 3.8) is 0 Å². The van der Waals surface area contributed by atoms with Crippen molar-refractivity contribution in [3.05, 3.63) is 53.4 Å². The largest absolute Gasteiger partial charge is 0.476 e. The van der Waals surface area contributed by atoms with E-state index in [0.29, 0.717) is 36.6 Å². The number of amides is 1. The molecular formula is C15H14ClN3O2. The molecule has 1 aromatic carbocycles. The minimum Gasteiger partial charge on any atom is -0.476 e. The van der Waals surface area contributed by atoms with E-state index < -0.39 is 0 Å². The topological polar surface area (TPSA) is 55.3 Å². The van der Waals surface area contributed by atoms with Crippen molar-refractivity contribution in [3.8, 4) is 5.88 Å². The lowest BCUT2D eigenvalue weighted by atomic mass is 10.00. The van der Waals surface area contributed by atoms with Crippen LogP contribution in [0.3, 0.4) is 0 Å². The zero-order valence-corrected chi connectivity index (χ0v) is 12.0. The molecule has 1 aromatic heterocycles. The van der Waals surface area contributed by atoms with Gasteiger partial charge < -0.3 is 9.64 Å². The number of aromatic nitrogens is 2. The second kappa shape index (κ2) is 6.10. The van der Waals surface area contributed by atoms with Gasteiger partial charge in [0.05, 0.1) is 19.0 Å². The van der Waals surface area contributed by atoms with Gasteiger partial charge in [-0.15, -0.1) is 0 Å². The van der Waals surface area contributed by atoms with Crippen molar-refractivity contribution in [1.82, 2.24) is 14.9 Å². The molecule has 3 rings (SSSR count). The average molecular weight is 304 g/mol. The fourth-order valence-electron chi connectivity index (χ4n) is 2.20. The second-order valence-corrected chi connectivity index (χ2v) is 5.32. The highest BCUT2D eigenvalue weighted by Crippen LogP contribution is 2.20. The molecule has 5 nitrogen and oxygen atoms in total. The highest BCUT2D eigenvalue weighted by atomic mass is 35.5. The van der Waals surface area contributed by atoms with Crippen molar-refractivity contribution >= 4 is 17.5 Å². The molecule has 0 saturated carbocycles. The number of nitrogens with zero attached hydrogens (tertiary/aromatic N) is 3. The molecule has 21 heavy (non-hydrogen) atoms. The number of hydrogen-bond donors (Lipinski definition) is 0. The van der Waals surface area contributed by atoms with Crippen LogP contribution in [0, 0.1) is 5.92 Å². The van der Waals surface area contributed by atoms with Crippen LogP contribution < -0.4 is 4.74 Å². The lowest BCUT2D eigenvalue weighted by Crippen LogP contribution is -2.52. The molecule has 0 N–H and O–H groups in total. The van der Waals surface area contributed by atoms with Crippen LogP contribution in [-0.2, 0) is 0 Å². The first-order chi connectivity index (χ1) is 10.2. The lowest BCUT2D eigenvalue weighted by molar-refractivity contribution is 0.0388. The lowest BCUT2D eigenvalue weighted by Gasteiger charge is -2.38. The summed E-state index contributed by atoms with van der Waals surface area (Å²) in [6, 6.07) is 9.29. The van der Waals surface area contributed by atoms with Gasteiger partial charge in [0.2, 0.25) is 5.88 Å². The summed E-state index contributed by atoms with van der Waals surface area (Å²) >= 11 is 5.73. The van der Waals surface area contributed by atoms with E-state index in [9.17, 15) is 4.79 Å². The Labute approximate surface area is 127 Å². The van der Waals surface area contributed by atoms with Crippen LogP contribution >= 0.6 is 11.6 Å². The average Bonchev–Trinajstić information content (AvgIpc) is 2.46. The first kappa shape index (κ1) is 13.8. The number of carbonyl (C=O) groups is 1. The fraction of sp³-hybridized carbons (Fsp3) is 0.267. The van der Waals surface area contributed by atoms with E-state index >= 15 is 0 Å². The number of benzene rings is 1. The van der Waals surface area contributed by atoms with Crippen molar-refractivity contribution in [2.45, 2.75) is 0 Å². The predicted molar refractivity (Wildman–Crippen MR) is 78.4 cm³/mol. The second-order valence-electron chi connectivity index (χ2n) is 4.93. The third-order valence-corrected chi connectivity index (χ3v) is 3.50. The van der Waals surface area contributed by atoms with E-state index in [1.807, 2.05) is 35.2 Å². The number of rotatable bonds is 4. The monoisotopic (exact) mass is 303 g/mol. The maximum Gasteiger partial charge on any atom is 0.253 e. The van der Waals surface area contributed by atoms with E-state index in [2.05, 4.69) is 9.97 Å². The summed E-state index contributed by atoms with van der Waals surface area (Å²) in [7, 11) is 0. The van der Waals surface area contributed by atoms with Crippen LogP contribution in [-0.4, -0.2) is 40.5 Å². The smallest absolute Gasteiger partial charge is 0.253 e. The van der Waals surface area contributed by atoms with E-state index in [-0.39, 0.29) is 5.91 Å². The van der Waals surface area contributed by atoms with Crippen molar-refractivity contribution in [1.29, 1.82) is 0 Å². The maximum absolute atomic E-state index is 12.1. The van der Waals surface area contributed by atoms with E-state index in [0.717, 1.165) is 5.56 Å². The van der Waals surface area contributed by atoms with Crippen LogP contribution in [0.25, 0.3) is 0 Å². The summed E-state index contributed by atoms with van der Waals surface area (Å²) in [4.78, 5) is 21.9. The van der Waals surface area contributed by atoms with E-state index in [4.69, 9.17) is 16.3 Å². The van der Waals surface area contributed by atoms with Crippen LogP contribution in [0.2, 0.25) is 5.15 Å². The Balaban J connectivity index is 1.47. The molecular weight excluding hydrogens is 290 g/mol. The van der Waals surface area contributed by atoms with Gasteiger partial charge in [0, 0.05) is 24.6 Å². The Morgan fingerprint density at radius 2 is 2.05 bits per heavy atom. The number of carbonyl (C=O) groups excluding carboxylic acids is 1. The first-order valence-electron chi connectivity index (χ1n) is 6.67. The van der Waals surface area contributed by atoms with Gasteiger partial charge in [0.25, 0.3) is 5.91 Å². The molecule has 6 heteroatoms. The number of halogens is 1. The van der Waals surface area contributed by atoms with Gasteiger partial charge in [0.15, 0.2) is 5.15 Å². The van der Waals surface area contributed by atoms with Gasteiger partial charge in [-0.2, -0.15) is 4.98 Å². The van der Waals surface area contributed by atoms with Crippen LogP contribution in [0.1, 0.15) is 10.4 Å². The molecule has 1 aliphatic heterocycles. The number of likely N-dealkylation sites (tertiary alicyclic amines) is 1.